The van der Waals surface area contributed by atoms with Crippen molar-refractivity contribution in [3.8, 4) is 0 Å². The smallest absolute Gasteiger partial charge is 0.0972 e. The predicted molar refractivity (Wildman–Crippen MR) is 79.6 cm³/mol. The molecule has 4 aromatic rings. The Bertz CT molecular complexity index is 896. The molecule has 2 aromatic heterocycles. The van der Waals surface area contributed by atoms with Crippen molar-refractivity contribution >= 4 is 44.2 Å². The summed E-state index contributed by atoms with van der Waals surface area (Å²) in [5.74, 6) is 0. The van der Waals surface area contributed by atoms with E-state index in [-0.39, 0.29) is 0 Å². The second kappa shape index (κ2) is 3.90. The number of nitrogens with zero attached hydrogens (tertiary/aromatic N) is 2. The lowest BCUT2D eigenvalue weighted by atomic mass is 10.0. The second-order valence-electron chi connectivity index (χ2n) is 4.49. The van der Waals surface area contributed by atoms with Crippen LogP contribution in [0, 0.1) is 0 Å². The zero-order chi connectivity index (χ0) is 12.8. The Labute approximate surface area is 114 Å². The summed E-state index contributed by atoms with van der Waals surface area (Å²) in [5.41, 5.74) is 1.83. The van der Waals surface area contributed by atoms with Gasteiger partial charge < -0.3 is 0 Å². The molecule has 0 spiro atoms. The van der Waals surface area contributed by atoms with Crippen molar-refractivity contribution < 1.29 is 0 Å². The third-order valence-electron chi connectivity index (χ3n) is 3.39. The van der Waals surface area contributed by atoms with Crippen molar-refractivity contribution in [2.45, 2.75) is 0 Å². The first-order chi connectivity index (χ1) is 9.34. The van der Waals surface area contributed by atoms with E-state index >= 15 is 0 Å². The lowest BCUT2D eigenvalue weighted by molar-refractivity contribution is 1.38. The standard InChI is InChI=1S/C16H9ClN2/c17-10-8-14-12-5-2-1-4-11(12)13-6-3-7-18-15(13)16(14)19-9-10/h1-9H. The zero-order valence-electron chi connectivity index (χ0n) is 9.97. The Hall–Kier alpha value is -2.19. The van der Waals surface area contributed by atoms with Crippen LogP contribution in [0.25, 0.3) is 32.6 Å². The summed E-state index contributed by atoms with van der Waals surface area (Å²) in [6, 6.07) is 14.3. The maximum atomic E-state index is 6.09. The lowest BCUT2D eigenvalue weighted by Crippen LogP contribution is -1.87. The molecule has 90 valence electrons. The van der Waals surface area contributed by atoms with Gasteiger partial charge in [0, 0.05) is 23.2 Å². The van der Waals surface area contributed by atoms with Crippen LogP contribution in [0.2, 0.25) is 5.02 Å². The van der Waals surface area contributed by atoms with Crippen molar-refractivity contribution in [3.63, 3.8) is 0 Å². The van der Waals surface area contributed by atoms with E-state index in [2.05, 4.69) is 28.2 Å². The number of hydrogen-bond acceptors (Lipinski definition) is 2. The van der Waals surface area contributed by atoms with Crippen molar-refractivity contribution in [1.82, 2.24) is 9.97 Å². The van der Waals surface area contributed by atoms with Gasteiger partial charge in [0.2, 0.25) is 0 Å². The monoisotopic (exact) mass is 264 g/mol. The van der Waals surface area contributed by atoms with Gasteiger partial charge in [0.15, 0.2) is 0 Å². The predicted octanol–water partition coefficient (Wildman–Crippen LogP) is 4.59. The van der Waals surface area contributed by atoms with Gasteiger partial charge in [-0.3, -0.25) is 9.97 Å². The van der Waals surface area contributed by atoms with Gasteiger partial charge in [0.25, 0.3) is 0 Å². The third kappa shape index (κ3) is 1.50. The van der Waals surface area contributed by atoms with E-state index < -0.39 is 0 Å². The molecule has 2 heterocycles. The van der Waals surface area contributed by atoms with Crippen molar-refractivity contribution in [1.29, 1.82) is 0 Å². The maximum Gasteiger partial charge on any atom is 0.0972 e. The molecular formula is C16H9ClN2. The van der Waals surface area contributed by atoms with Gasteiger partial charge in [0.05, 0.1) is 16.1 Å². The lowest BCUT2D eigenvalue weighted by Gasteiger charge is -2.08. The fraction of sp³-hybridized carbons (Fsp3) is 0. The molecule has 0 atom stereocenters. The van der Waals surface area contributed by atoms with Crippen molar-refractivity contribution in [2.24, 2.45) is 0 Å². The third-order valence-corrected chi connectivity index (χ3v) is 3.60. The minimum absolute atomic E-state index is 0.646. The molecule has 3 heteroatoms. The van der Waals surface area contributed by atoms with E-state index in [0.717, 1.165) is 27.2 Å². The zero-order valence-corrected chi connectivity index (χ0v) is 10.7. The van der Waals surface area contributed by atoms with E-state index in [1.54, 1.807) is 12.4 Å². The largest absolute Gasteiger partial charge is 0.254 e. The minimum Gasteiger partial charge on any atom is -0.254 e. The molecule has 0 unspecified atom stereocenters. The molecule has 0 aliphatic rings. The van der Waals surface area contributed by atoms with E-state index in [9.17, 15) is 0 Å². The average molecular weight is 265 g/mol. The Balaban J connectivity index is 2.43. The first-order valence-corrected chi connectivity index (χ1v) is 6.43. The summed E-state index contributed by atoms with van der Waals surface area (Å²) >= 11 is 6.09. The molecule has 0 fully saturated rings. The number of hydrogen-bond donors (Lipinski definition) is 0. The van der Waals surface area contributed by atoms with E-state index in [4.69, 9.17) is 11.6 Å². The highest BCUT2D eigenvalue weighted by molar-refractivity contribution is 6.32. The fourth-order valence-electron chi connectivity index (χ4n) is 2.60. The van der Waals surface area contributed by atoms with Gasteiger partial charge in [-0.25, -0.2) is 0 Å². The van der Waals surface area contributed by atoms with E-state index in [0.29, 0.717) is 5.02 Å². The summed E-state index contributed by atoms with van der Waals surface area (Å²) < 4.78 is 0. The minimum atomic E-state index is 0.646. The fourth-order valence-corrected chi connectivity index (χ4v) is 2.76. The van der Waals surface area contributed by atoms with Gasteiger partial charge in [-0.05, 0) is 22.9 Å². The summed E-state index contributed by atoms with van der Waals surface area (Å²) in [6.45, 7) is 0. The molecule has 0 radical (unpaired) electrons. The van der Waals surface area contributed by atoms with Crippen LogP contribution in [0.15, 0.2) is 54.9 Å². The number of pyridine rings is 2. The molecule has 0 aliphatic carbocycles. The van der Waals surface area contributed by atoms with Gasteiger partial charge in [-0.2, -0.15) is 0 Å². The molecular weight excluding hydrogens is 256 g/mol. The molecule has 0 saturated carbocycles. The Morgan fingerprint density at radius 1 is 0.737 bits per heavy atom. The van der Waals surface area contributed by atoms with Crippen LogP contribution in [0.1, 0.15) is 0 Å². The Morgan fingerprint density at radius 3 is 2.26 bits per heavy atom. The van der Waals surface area contributed by atoms with Crippen LogP contribution in [0.4, 0.5) is 0 Å². The van der Waals surface area contributed by atoms with Crippen LogP contribution in [0.5, 0.6) is 0 Å². The molecule has 19 heavy (non-hydrogen) atoms. The van der Waals surface area contributed by atoms with E-state index in [1.807, 2.05) is 24.3 Å². The second-order valence-corrected chi connectivity index (χ2v) is 4.93. The number of halogens is 1. The molecule has 0 amide bonds. The Kier molecular flexibility index (Phi) is 2.20. The highest BCUT2D eigenvalue weighted by atomic mass is 35.5. The quantitative estimate of drug-likeness (QED) is 0.434. The van der Waals surface area contributed by atoms with Crippen LogP contribution in [-0.4, -0.2) is 9.97 Å². The highest BCUT2D eigenvalue weighted by Gasteiger charge is 2.09. The van der Waals surface area contributed by atoms with Crippen LogP contribution in [-0.2, 0) is 0 Å². The number of fused-ring (bicyclic) bond motifs is 6. The van der Waals surface area contributed by atoms with E-state index in [1.165, 1.54) is 5.39 Å². The summed E-state index contributed by atoms with van der Waals surface area (Å²) in [7, 11) is 0. The molecule has 0 N–H and O–H groups in total. The highest BCUT2D eigenvalue weighted by Crippen LogP contribution is 2.33. The maximum absolute atomic E-state index is 6.09. The molecule has 0 saturated heterocycles. The van der Waals surface area contributed by atoms with Crippen molar-refractivity contribution in [3.05, 3.63) is 59.9 Å². The van der Waals surface area contributed by atoms with Crippen LogP contribution in [0.3, 0.4) is 0 Å². The summed E-state index contributed by atoms with van der Waals surface area (Å²) in [6.07, 6.45) is 3.47. The normalized spacial score (nSPS) is 11.4. The van der Waals surface area contributed by atoms with Gasteiger partial charge in [0.1, 0.15) is 0 Å². The number of aromatic nitrogens is 2. The first kappa shape index (κ1) is 10.7. The molecule has 2 nitrogen and oxygen atoms in total. The molecule has 4 rings (SSSR count). The number of benzene rings is 2. The first-order valence-electron chi connectivity index (χ1n) is 6.05. The van der Waals surface area contributed by atoms with Gasteiger partial charge >= 0.3 is 0 Å². The Morgan fingerprint density at radius 2 is 1.42 bits per heavy atom. The summed E-state index contributed by atoms with van der Waals surface area (Å²) in [5, 5.41) is 5.16. The molecule has 0 bridgehead atoms. The molecule has 0 aliphatic heterocycles. The van der Waals surface area contributed by atoms with Crippen LogP contribution >= 0.6 is 11.6 Å². The summed E-state index contributed by atoms with van der Waals surface area (Å²) in [4.78, 5) is 8.95. The average Bonchev–Trinajstić information content (AvgIpc) is 2.47. The topological polar surface area (TPSA) is 25.8 Å². The van der Waals surface area contributed by atoms with Gasteiger partial charge in [-0.1, -0.05) is 41.9 Å². The van der Waals surface area contributed by atoms with Crippen molar-refractivity contribution in [2.75, 3.05) is 0 Å². The SMILES string of the molecule is Clc1cnc2c(c1)c1ccccc1c1cccnc12. The van der Waals surface area contributed by atoms with Crippen LogP contribution < -0.4 is 0 Å². The van der Waals surface area contributed by atoms with Gasteiger partial charge in [-0.15, -0.1) is 0 Å². The number of rotatable bonds is 0. The molecule has 2 aromatic carbocycles.